The molecular weight excluding hydrogens is 284 g/mol. The van der Waals surface area contributed by atoms with Crippen molar-refractivity contribution in [2.45, 2.75) is 42.5 Å². The molecule has 2 N–H and O–H groups in total. The van der Waals surface area contributed by atoms with Crippen molar-refractivity contribution in [3.8, 4) is 0 Å². The number of thioether (sulfide) groups is 1. The van der Waals surface area contributed by atoms with Gasteiger partial charge in [0.05, 0.1) is 11.9 Å². The standard InChI is InChI=1S/C16H24N2O2S/c1-12(16(19)18-14-6-7-14)21-15-5-3-4-13(10-15)11-17-8-9-20-2/h3-5,10,12,14,17H,6-9,11H2,1-2H3,(H,18,19). The molecule has 0 saturated heterocycles. The number of carbonyl (C=O) groups is 1. The summed E-state index contributed by atoms with van der Waals surface area (Å²) in [6.45, 7) is 4.34. The van der Waals surface area contributed by atoms with Crippen LogP contribution in [0.2, 0.25) is 0 Å². The minimum Gasteiger partial charge on any atom is -0.383 e. The summed E-state index contributed by atoms with van der Waals surface area (Å²) < 4.78 is 5.01. The maximum Gasteiger partial charge on any atom is 0.233 e. The number of nitrogens with one attached hydrogen (secondary N) is 2. The van der Waals surface area contributed by atoms with Gasteiger partial charge in [0.15, 0.2) is 0 Å². The van der Waals surface area contributed by atoms with E-state index in [0.717, 1.165) is 30.8 Å². The number of amides is 1. The van der Waals surface area contributed by atoms with Gasteiger partial charge in [-0.1, -0.05) is 12.1 Å². The molecule has 1 aromatic rings. The molecule has 1 aliphatic carbocycles. The lowest BCUT2D eigenvalue weighted by Crippen LogP contribution is -2.32. The highest BCUT2D eigenvalue weighted by Crippen LogP contribution is 2.26. The molecule has 0 radical (unpaired) electrons. The van der Waals surface area contributed by atoms with Gasteiger partial charge in [0, 0.05) is 31.1 Å². The maximum atomic E-state index is 12.0. The van der Waals surface area contributed by atoms with Crippen LogP contribution < -0.4 is 10.6 Å². The molecule has 5 heteroatoms. The molecule has 1 aromatic carbocycles. The Balaban J connectivity index is 1.80. The van der Waals surface area contributed by atoms with E-state index in [4.69, 9.17) is 4.74 Å². The number of rotatable bonds is 9. The van der Waals surface area contributed by atoms with E-state index in [9.17, 15) is 4.79 Å². The molecule has 116 valence electrons. The van der Waals surface area contributed by atoms with Gasteiger partial charge in [0.2, 0.25) is 5.91 Å². The van der Waals surface area contributed by atoms with Crippen molar-refractivity contribution < 1.29 is 9.53 Å². The molecule has 0 bridgehead atoms. The highest BCUT2D eigenvalue weighted by atomic mass is 32.2. The van der Waals surface area contributed by atoms with Gasteiger partial charge in [-0.05, 0) is 37.5 Å². The monoisotopic (exact) mass is 308 g/mol. The zero-order chi connectivity index (χ0) is 15.1. The molecule has 0 heterocycles. The van der Waals surface area contributed by atoms with Crippen molar-refractivity contribution in [3.05, 3.63) is 29.8 Å². The topological polar surface area (TPSA) is 50.4 Å². The smallest absolute Gasteiger partial charge is 0.233 e. The molecule has 0 aliphatic heterocycles. The zero-order valence-electron chi connectivity index (χ0n) is 12.7. The normalized spacial score (nSPS) is 15.7. The Labute approximate surface area is 131 Å². The highest BCUT2D eigenvalue weighted by Gasteiger charge is 2.25. The van der Waals surface area contributed by atoms with Gasteiger partial charge in [-0.15, -0.1) is 11.8 Å². The van der Waals surface area contributed by atoms with Crippen LogP contribution >= 0.6 is 11.8 Å². The Kier molecular flexibility index (Phi) is 6.54. The van der Waals surface area contributed by atoms with Crippen molar-refractivity contribution in [1.29, 1.82) is 0 Å². The Morgan fingerprint density at radius 1 is 1.48 bits per heavy atom. The van der Waals surface area contributed by atoms with E-state index < -0.39 is 0 Å². The van der Waals surface area contributed by atoms with Crippen molar-refractivity contribution in [1.82, 2.24) is 10.6 Å². The Hall–Kier alpha value is -1.04. The van der Waals surface area contributed by atoms with Crippen LogP contribution in [0.3, 0.4) is 0 Å². The lowest BCUT2D eigenvalue weighted by atomic mass is 10.2. The summed E-state index contributed by atoms with van der Waals surface area (Å²) in [6.07, 6.45) is 2.26. The summed E-state index contributed by atoms with van der Waals surface area (Å²) in [5.74, 6) is 0.145. The number of ether oxygens (including phenoxy) is 1. The number of methoxy groups -OCH3 is 1. The predicted molar refractivity (Wildman–Crippen MR) is 86.5 cm³/mol. The third kappa shape index (κ3) is 6.08. The molecular formula is C16H24N2O2S. The Morgan fingerprint density at radius 3 is 3.00 bits per heavy atom. The van der Waals surface area contributed by atoms with E-state index in [2.05, 4.69) is 28.8 Å². The highest BCUT2D eigenvalue weighted by molar-refractivity contribution is 8.00. The second-order valence-corrected chi connectivity index (χ2v) is 6.77. The molecule has 0 aromatic heterocycles. The molecule has 1 fully saturated rings. The minimum atomic E-state index is -0.0534. The number of benzene rings is 1. The van der Waals surface area contributed by atoms with E-state index in [-0.39, 0.29) is 11.2 Å². The summed E-state index contributed by atoms with van der Waals surface area (Å²) in [6, 6.07) is 8.77. The third-order valence-corrected chi connectivity index (χ3v) is 4.41. The predicted octanol–water partition coefficient (Wildman–Crippen LogP) is 2.18. The SMILES string of the molecule is COCCNCc1cccc(SC(C)C(=O)NC2CC2)c1. The fourth-order valence-corrected chi connectivity index (χ4v) is 2.90. The fraction of sp³-hybridized carbons (Fsp3) is 0.562. The first-order valence-corrected chi connectivity index (χ1v) is 8.32. The van der Waals surface area contributed by atoms with Crippen LogP contribution in [0.25, 0.3) is 0 Å². The van der Waals surface area contributed by atoms with Gasteiger partial charge in [0.1, 0.15) is 0 Å². The first kappa shape index (κ1) is 16.3. The van der Waals surface area contributed by atoms with Crippen molar-refractivity contribution in [2.24, 2.45) is 0 Å². The van der Waals surface area contributed by atoms with Crippen LogP contribution in [0, 0.1) is 0 Å². The zero-order valence-corrected chi connectivity index (χ0v) is 13.5. The van der Waals surface area contributed by atoms with Crippen molar-refractivity contribution in [3.63, 3.8) is 0 Å². The molecule has 0 spiro atoms. The van der Waals surface area contributed by atoms with Crippen LogP contribution in [-0.4, -0.2) is 37.5 Å². The molecule has 1 unspecified atom stereocenters. The van der Waals surface area contributed by atoms with Crippen LogP contribution in [0.15, 0.2) is 29.2 Å². The van der Waals surface area contributed by atoms with Gasteiger partial charge >= 0.3 is 0 Å². The first-order chi connectivity index (χ1) is 10.2. The summed E-state index contributed by atoms with van der Waals surface area (Å²) in [5.41, 5.74) is 1.23. The molecule has 1 saturated carbocycles. The van der Waals surface area contributed by atoms with Gasteiger partial charge in [-0.25, -0.2) is 0 Å². The van der Waals surface area contributed by atoms with Gasteiger partial charge in [-0.2, -0.15) is 0 Å². The van der Waals surface area contributed by atoms with Crippen LogP contribution in [0.5, 0.6) is 0 Å². The van der Waals surface area contributed by atoms with Crippen molar-refractivity contribution >= 4 is 17.7 Å². The molecule has 1 aliphatic rings. The van der Waals surface area contributed by atoms with Crippen LogP contribution in [0.1, 0.15) is 25.3 Å². The van der Waals surface area contributed by atoms with Crippen LogP contribution in [-0.2, 0) is 16.1 Å². The summed E-state index contributed by atoms with van der Waals surface area (Å²) in [5, 5.41) is 6.32. The number of carbonyl (C=O) groups excluding carboxylic acids is 1. The fourth-order valence-electron chi connectivity index (χ4n) is 1.94. The third-order valence-electron chi connectivity index (χ3n) is 3.32. The minimum absolute atomic E-state index is 0.0534. The molecule has 2 rings (SSSR count). The maximum absolute atomic E-state index is 12.0. The van der Waals surface area contributed by atoms with Gasteiger partial charge in [-0.3, -0.25) is 4.79 Å². The molecule has 1 atom stereocenters. The lowest BCUT2D eigenvalue weighted by Gasteiger charge is -2.12. The molecule has 1 amide bonds. The van der Waals surface area contributed by atoms with E-state index in [1.54, 1.807) is 18.9 Å². The summed E-state index contributed by atoms with van der Waals surface area (Å²) >= 11 is 1.61. The largest absolute Gasteiger partial charge is 0.383 e. The molecule has 4 nitrogen and oxygen atoms in total. The summed E-state index contributed by atoms with van der Waals surface area (Å²) in [7, 11) is 1.70. The van der Waals surface area contributed by atoms with Crippen LogP contribution in [0.4, 0.5) is 0 Å². The van der Waals surface area contributed by atoms with E-state index in [0.29, 0.717) is 12.6 Å². The second kappa shape index (κ2) is 8.41. The van der Waals surface area contributed by atoms with Gasteiger partial charge < -0.3 is 15.4 Å². The van der Waals surface area contributed by atoms with E-state index in [1.807, 2.05) is 13.0 Å². The quantitative estimate of drug-likeness (QED) is 0.542. The number of hydrogen-bond acceptors (Lipinski definition) is 4. The van der Waals surface area contributed by atoms with Gasteiger partial charge in [0.25, 0.3) is 0 Å². The van der Waals surface area contributed by atoms with E-state index >= 15 is 0 Å². The Bertz CT molecular complexity index is 463. The first-order valence-electron chi connectivity index (χ1n) is 7.44. The average molecular weight is 308 g/mol. The van der Waals surface area contributed by atoms with Crippen molar-refractivity contribution in [2.75, 3.05) is 20.3 Å². The number of hydrogen-bond donors (Lipinski definition) is 2. The second-order valence-electron chi connectivity index (χ2n) is 5.36. The summed E-state index contributed by atoms with van der Waals surface area (Å²) in [4.78, 5) is 13.1. The Morgan fingerprint density at radius 2 is 2.29 bits per heavy atom. The lowest BCUT2D eigenvalue weighted by molar-refractivity contribution is -0.120. The average Bonchev–Trinajstić information content (AvgIpc) is 3.28. The van der Waals surface area contributed by atoms with E-state index in [1.165, 1.54) is 5.56 Å². The molecule has 21 heavy (non-hydrogen) atoms.